The molecule has 2 atom stereocenters. The maximum atomic E-state index is 11.9. The topological polar surface area (TPSA) is 75.4 Å². The van der Waals surface area contributed by atoms with E-state index in [0.29, 0.717) is 24.6 Å². The van der Waals surface area contributed by atoms with Crippen molar-refractivity contribution >= 4 is 36.0 Å². The smallest absolute Gasteiger partial charge is 0.243 e. The minimum Gasteiger partial charge on any atom is -0.354 e. The molecule has 0 spiro atoms. The van der Waals surface area contributed by atoms with Gasteiger partial charge in [-0.3, -0.25) is 9.59 Å². The molecule has 0 aromatic rings. The third-order valence-electron chi connectivity index (χ3n) is 2.71. The van der Waals surface area contributed by atoms with Gasteiger partial charge in [-0.15, -0.1) is 24.2 Å². The SMILES string of the molecule is CCC(=O)N1CSCC1C(=O)NCCC(C)N.Cl. The standard InChI is InChI=1S/C11H21N3O2S.ClH/c1-3-10(15)14-7-17-6-9(14)11(16)13-5-4-8(2)12;/h8-9H,3-7,12H2,1-2H3,(H,13,16);1H. The third kappa shape index (κ3) is 5.04. The summed E-state index contributed by atoms with van der Waals surface area (Å²) < 4.78 is 0. The van der Waals surface area contributed by atoms with E-state index in [1.807, 2.05) is 13.8 Å². The van der Waals surface area contributed by atoms with Crippen LogP contribution in [-0.4, -0.2) is 47.0 Å². The number of thioether (sulfide) groups is 1. The number of hydrogen-bond donors (Lipinski definition) is 2. The number of rotatable bonds is 5. The number of nitrogens with one attached hydrogen (secondary N) is 1. The molecule has 0 bridgehead atoms. The number of carbonyl (C=O) groups excluding carboxylic acids is 2. The van der Waals surface area contributed by atoms with Crippen molar-refractivity contribution < 1.29 is 9.59 Å². The van der Waals surface area contributed by atoms with Gasteiger partial charge in [-0.25, -0.2) is 0 Å². The predicted octanol–water partition coefficient (Wildman–Crippen LogP) is 0.573. The fourth-order valence-corrected chi connectivity index (χ4v) is 2.83. The first-order valence-electron chi connectivity index (χ1n) is 5.96. The Balaban J connectivity index is 0.00000289. The van der Waals surface area contributed by atoms with Gasteiger partial charge in [0.05, 0.1) is 5.88 Å². The Hall–Kier alpha value is -0.460. The van der Waals surface area contributed by atoms with Gasteiger partial charge in [-0.05, 0) is 13.3 Å². The summed E-state index contributed by atoms with van der Waals surface area (Å²) in [5.74, 6) is 1.30. The molecule has 2 unspecified atom stereocenters. The van der Waals surface area contributed by atoms with Crippen molar-refractivity contribution in [3.8, 4) is 0 Å². The molecule has 0 saturated carbocycles. The van der Waals surface area contributed by atoms with E-state index < -0.39 is 0 Å². The summed E-state index contributed by atoms with van der Waals surface area (Å²) in [5.41, 5.74) is 5.61. The summed E-state index contributed by atoms with van der Waals surface area (Å²) in [4.78, 5) is 25.2. The molecule has 0 aromatic heterocycles. The molecule has 1 rings (SSSR count). The number of carbonyl (C=O) groups is 2. The monoisotopic (exact) mass is 295 g/mol. The lowest BCUT2D eigenvalue weighted by atomic mass is 10.2. The van der Waals surface area contributed by atoms with Gasteiger partial charge in [-0.1, -0.05) is 6.92 Å². The van der Waals surface area contributed by atoms with Crippen molar-refractivity contribution in [1.29, 1.82) is 0 Å². The normalized spacial score (nSPS) is 20.2. The minimum absolute atomic E-state index is 0. The molecule has 7 heteroatoms. The van der Waals surface area contributed by atoms with Gasteiger partial charge in [0.2, 0.25) is 11.8 Å². The fourth-order valence-electron chi connectivity index (χ4n) is 1.65. The number of nitrogens with zero attached hydrogens (tertiary/aromatic N) is 1. The molecule has 1 heterocycles. The first kappa shape index (κ1) is 17.5. The summed E-state index contributed by atoms with van der Waals surface area (Å²) in [6.07, 6.45) is 1.21. The van der Waals surface area contributed by atoms with E-state index in [1.165, 1.54) is 0 Å². The molecule has 0 aliphatic carbocycles. The molecule has 106 valence electrons. The van der Waals surface area contributed by atoms with Crippen molar-refractivity contribution in [3.05, 3.63) is 0 Å². The molecule has 5 nitrogen and oxygen atoms in total. The predicted molar refractivity (Wildman–Crippen MR) is 76.8 cm³/mol. The van der Waals surface area contributed by atoms with E-state index in [4.69, 9.17) is 5.73 Å². The maximum Gasteiger partial charge on any atom is 0.243 e. The Labute approximate surface area is 119 Å². The first-order chi connectivity index (χ1) is 8.06. The van der Waals surface area contributed by atoms with E-state index >= 15 is 0 Å². The van der Waals surface area contributed by atoms with E-state index in [0.717, 1.165) is 6.42 Å². The molecule has 2 amide bonds. The second-order valence-corrected chi connectivity index (χ2v) is 5.29. The van der Waals surface area contributed by atoms with Gasteiger partial charge in [0.25, 0.3) is 0 Å². The van der Waals surface area contributed by atoms with Gasteiger partial charge in [-0.2, -0.15) is 0 Å². The highest BCUT2D eigenvalue weighted by atomic mass is 35.5. The van der Waals surface area contributed by atoms with Crippen molar-refractivity contribution in [3.63, 3.8) is 0 Å². The molecule has 1 aliphatic heterocycles. The highest BCUT2D eigenvalue weighted by Crippen LogP contribution is 2.21. The van der Waals surface area contributed by atoms with Gasteiger partial charge >= 0.3 is 0 Å². The lowest BCUT2D eigenvalue weighted by Gasteiger charge is -2.22. The summed E-state index contributed by atoms with van der Waals surface area (Å²) in [7, 11) is 0. The van der Waals surface area contributed by atoms with Crippen molar-refractivity contribution in [2.45, 2.75) is 38.8 Å². The molecule has 0 aromatic carbocycles. The van der Waals surface area contributed by atoms with Crippen LogP contribution in [0.2, 0.25) is 0 Å². The molecular weight excluding hydrogens is 274 g/mol. The van der Waals surface area contributed by atoms with E-state index in [9.17, 15) is 9.59 Å². The zero-order valence-electron chi connectivity index (χ0n) is 10.8. The van der Waals surface area contributed by atoms with Crippen molar-refractivity contribution in [2.75, 3.05) is 18.2 Å². The maximum absolute atomic E-state index is 11.9. The van der Waals surface area contributed by atoms with Crippen molar-refractivity contribution in [1.82, 2.24) is 10.2 Å². The average Bonchev–Trinajstić information content (AvgIpc) is 2.76. The molecule has 1 fully saturated rings. The van der Waals surface area contributed by atoms with Gasteiger partial charge in [0.15, 0.2) is 0 Å². The summed E-state index contributed by atoms with van der Waals surface area (Å²) in [6, 6.07) is -0.220. The molecule has 1 aliphatic rings. The third-order valence-corrected chi connectivity index (χ3v) is 3.72. The van der Waals surface area contributed by atoms with E-state index in [-0.39, 0.29) is 36.3 Å². The summed E-state index contributed by atoms with van der Waals surface area (Å²) in [5, 5.41) is 2.84. The second-order valence-electron chi connectivity index (χ2n) is 4.29. The molecule has 0 radical (unpaired) electrons. The van der Waals surface area contributed by atoms with Crippen LogP contribution in [0.5, 0.6) is 0 Å². The second kappa shape index (κ2) is 8.61. The zero-order valence-corrected chi connectivity index (χ0v) is 12.5. The Morgan fingerprint density at radius 1 is 1.56 bits per heavy atom. The number of hydrogen-bond acceptors (Lipinski definition) is 4. The van der Waals surface area contributed by atoms with Gasteiger partial charge < -0.3 is 16.0 Å². The van der Waals surface area contributed by atoms with Crippen LogP contribution < -0.4 is 11.1 Å². The molecular formula is C11H22ClN3O2S. The number of nitrogens with two attached hydrogens (primary N) is 1. The quantitative estimate of drug-likeness (QED) is 0.778. The van der Waals surface area contributed by atoms with Crippen LogP contribution in [0.15, 0.2) is 0 Å². The van der Waals surface area contributed by atoms with Crippen LogP contribution in [0, 0.1) is 0 Å². The molecule has 3 N–H and O–H groups in total. The minimum atomic E-state index is -0.305. The lowest BCUT2D eigenvalue weighted by molar-refractivity contribution is -0.137. The van der Waals surface area contributed by atoms with Crippen LogP contribution in [0.4, 0.5) is 0 Å². The highest BCUT2D eigenvalue weighted by molar-refractivity contribution is 7.99. The van der Waals surface area contributed by atoms with Gasteiger partial charge in [0.1, 0.15) is 6.04 Å². The van der Waals surface area contributed by atoms with Crippen LogP contribution >= 0.6 is 24.2 Å². The van der Waals surface area contributed by atoms with Crippen LogP contribution in [0.1, 0.15) is 26.7 Å². The molecule has 18 heavy (non-hydrogen) atoms. The van der Waals surface area contributed by atoms with Crippen molar-refractivity contribution in [2.24, 2.45) is 5.73 Å². The number of halogens is 1. The first-order valence-corrected chi connectivity index (χ1v) is 7.12. The summed E-state index contributed by atoms with van der Waals surface area (Å²) >= 11 is 1.62. The highest BCUT2D eigenvalue weighted by Gasteiger charge is 2.33. The Morgan fingerprint density at radius 3 is 2.78 bits per heavy atom. The van der Waals surface area contributed by atoms with Gasteiger partial charge in [0, 0.05) is 24.8 Å². The fraction of sp³-hybridized carbons (Fsp3) is 0.818. The van der Waals surface area contributed by atoms with Crippen LogP contribution in [0.3, 0.4) is 0 Å². The Kier molecular flexibility index (Phi) is 8.39. The van der Waals surface area contributed by atoms with E-state index in [2.05, 4.69) is 5.32 Å². The lowest BCUT2D eigenvalue weighted by Crippen LogP contribution is -2.47. The van der Waals surface area contributed by atoms with E-state index in [1.54, 1.807) is 16.7 Å². The Morgan fingerprint density at radius 2 is 2.22 bits per heavy atom. The average molecular weight is 296 g/mol. The number of amides is 2. The van der Waals surface area contributed by atoms with Crippen LogP contribution in [-0.2, 0) is 9.59 Å². The van der Waals surface area contributed by atoms with Crippen LogP contribution in [0.25, 0.3) is 0 Å². The zero-order chi connectivity index (χ0) is 12.8. The largest absolute Gasteiger partial charge is 0.354 e. The summed E-state index contributed by atoms with van der Waals surface area (Å²) in [6.45, 7) is 4.30. The molecule has 1 saturated heterocycles. The Bertz CT molecular complexity index is 289.